The zero-order chi connectivity index (χ0) is 42.1. The minimum Gasteiger partial charge on any atom is -0.466 e. The van der Waals surface area contributed by atoms with Crippen LogP contribution in [0.1, 0.15) is 232 Å². The molecule has 0 rings (SSSR count). The van der Waals surface area contributed by atoms with Crippen LogP contribution >= 0.6 is 0 Å². The van der Waals surface area contributed by atoms with E-state index in [0.717, 1.165) is 135 Å². The van der Waals surface area contributed by atoms with Crippen molar-refractivity contribution in [2.45, 2.75) is 232 Å². The van der Waals surface area contributed by atoms with Gasteiger partial charge in [0.15, 0.2) is 0 Å². The molecule has 338 valence electrons. The van der Waals surface area contributed by atoms with Crippen LogP contribution in [0.15, 0.2) is 48.6 Å². The van der Waals surface area contributed by atoms with Gasteiger partial charge >= 0.3 is 11.9 Å². The summed E-state index contributed by atoms with van der Waals surface area (Å²) in [5, 5.41) is 9.25. The highest BCUT2D eigenvalue weighted by atomic mass is 16.5. The molecule has 0 unspecified atom stereocenters. The van der Waals surface area contributed by atoms with E-state index in [0.29, 0.717) is 26.1 Å². The van der Waals surface area contributed by atoms with E-state index in [1.165, 1.54) is 89.9 Å². The van der Waals surface area contributed by atoms with Crippen LogP contribution in [0.25, 0.3) is 0 Å². The molecule has 0 spiro atoms. The number of unbranched alkanes of at least 4 members (excludes halogenated alkanes) is 23. The average Bonchev–Trinajstić information content (AvgIpc) is 3.22. The maximum atomic E-state index is 12.1. The number of carbonyl (C=O) groups is 2. The molecule has 0 aliphatic carbocycles. The third-order valence-electron chi connectivity index (χ3n) is 10.8. The molecule has 0 fully saturated rings. The van der Waals surface area contributed by atoms with Gasteiger partial charge in [-0.1, -0.05) is 152 Å². The van der Waals surface area contributed by atoms with Gasteiger partial charge in [-0.25, -0.2) is 0 Å². The lowest BCUT2D eigenvalue weighted by Crippen LogP contribution is -2.27. The molecule has 0 heterocycles. The predicted octanol–water partition coefficient (Wildman–Crippen LogP) is 14.9. The summed E-state index contributed by atoms with van der Waals surface area (Å²) in [6, 6.07) is 0. The number of esters is 2. The van der Waals surface area contributed by atoms with Crippen molar-refractivity contribution in [3.05, 3.63) is 48.6 Å². The Morgan fingerprint density at radius 3 is 1.12 bits per heavy atom. The van der Waals surface area contributed by atoms with Crippen LogP contribution in [0.4, 0.5) is 0 Å². The van der Waals surface area contributed by atoms with E-state index in [1.54, 1.807) is 0 Å². The van der Waals surface area contributed by atoms with Crippen LogP contribution in [-0.2, 0) is 19.1 Å². The molecule has 6 nitrogen and oxygen atoms in total. The Labute approximate surface area is 360 Å². The van der Waals surface area contributed by atoms with Crippen molar-refractivity contribution in [1.82, 2.24) is 4.90 Å². The molecule has 0 aromatic heterocycles. The molecule has 1 N–H and O–H groups in total. The summed E-state index contributed by atoms with van der Waals surface area (Å²) in [7, 11) is 0. The average molecular weight is 814 g/mol. The standard InChI is InChI=1S/C52H95NO5/c1-3-5-7-9-11-13-15-17-19-21-23-25-27-29-35-43-51(55)57-49-41-33-31-37-45-53(47-39-40-48-54)46-38-32-34-42-50-58-52(56)44-36-30-28-26-24-22-20-18-16-14-12-10-8-6-4-2/h11-14,17-20,54H,3-10,15-16,21-50H2,1-2H3/b13-11-,14-12-,19-17-,20-18-. The van der Waals surface area contributed by atoms with Crippen molar-refractivity contribution < 1.29 is 24.2 Å². The van der Waals surface area contributed by atoms with Gasteiger partial charge in [0.05, 0.1) is 13.2 Å². The first-order valence-corrected chi connectivity index (χ1v) is 24.9. The fraction of sp³-hybridized carbons (Fsp3) is 0.808. The number of rotatable bonds is 46. The van der Waals surface area contributed by atoms with Crippen LogP contribution in [0.5, 0.6) is 0 Å². The minimum absolute atomic E-state index is 0.0358. The van der Waals surface area contributed by atoms with E-state index in [4.69, 9.17) is 9.47 Å². The number of aliphatic hydroxyl groups is 1. The quantitative estimate of drug-likeness (QED) is 0.0375. The zero-order valence-electron chi connectivity index (χ0n) is 38.4. The first kappa shape index (κ1) is 55.8. The highest BCUT2D eigenvalue weighted by molar-refractivity contribution is 5.69. The maximum Gasteiger partial charge on any atom is 0.305 e. The first-order valence-electron chi connectivity index (χ1n) is 24.9. The maximum absolute atomic E-state index is 12.1. The molecular formula is C52H95NO5. The lowest BCUT2D eigenvalue weighted by Gasteiger charge is -2.22. The summed E-state index contributed by atoms with van der Waals surface area (Å²) >= 11 is 0. The molecule has 58 heavy (non-hydrogen) atoms. The van der Waals surface area contributed by atoms with E-state index in [2.05, 4.69) is 67.4 Å². The number of hydrogen-bond donors (Lipinski definition) is 1. The Hall–Kier alpha value is -2.18. The molecular weight excluding hydrogens is 719 g/mol. The summed E-state index contributed by atoms with van der Waals surface area (Å²) in [5.41, 5.74) is 0. The normalized spacial score (nSPS) is 12.1. The third-order valence-corrected chi connectivity index (χ3v) is 10.8. The van der Waals surface area contributed by atoms with Crippen LogP contribution in [-0.4, -0.2) is 61.4 Å². The van der Waals surface area contributed by atoms with Gasteiger partial charge in [0.25, 0.3) is 0 Å². The second kappa shape index (κ2) is 49.2. The number of allylic oxidation sites excluding steroid dienone is 8. The van der Waals surface area contributed by atoms with E-state index in [1.807, 2.05) is 0 Å². The molecule has 6 heteroatoms. The van der Waals surface area contributed by atoms with Gasteiger partial charge in [-0.2, -0.15) is 0 Å². The first-order chi connectivity index (χ1) is 28.6. The van der Waals surface area contributed by atoms with Crippen molar-refractivity contribution in [2.24, 2.45) is 0 Å². The van der Waals surface area contributed by atoms with Crippen molar-refractivity contribution >= 4 is 11.9 Å². The van der Waals surface area contributed by atoms with E-state index in [-0.39, 0.29) is 18.5 Å². The largest absolute Gasteiger partial charge is 0.466 e. The molecule has 0 saturated heterocycles. The molecule has 0 aliphatic rings. The molecule has 0 bridgehead atoms. The Bertz CT molecular complexity index is 901. The van der Waals surface area contributed by atoms with Crippen LogP contribution < -0.4 is 0 Å². The van der Waals surface area contributed by atoms with Gasteiger partial charge < -0.3 is 19.5 Å². The van der Waals surface area contributed by atoms with E-state index in [9.17, 15) is 14.7 Å². The summed E-state index contributed by atoms with van der Waals surface area (Å²) in [6.07, 6.45) is 56.3. The van der Waals surface area contributed by atoms with Crippen LogP contribution in [0.3, 0.4) is 0 Å². The second-order valence-electron chi connectivity index (χ2n) is 16.5. The number of aliphatic hydroxyl groups excluding tert-OH is 1. The second-order valence-corrected chi connectivity index (χ2v) is 16.5. The SMILES string of the molecule is CCCCC/C=C\C/C=C\CCCCCCCC(=O)OCCCCCCN(CCCCO)CCCCCCOC(=O)CCCCCCC/C=C\C/C=C\CCCCC. The topological polar surface area (TPSA) is 76.1 Å². The van der Waals surface area contributed by atoms with Crippen LogP contribution in [0.2, 0.25) is 0 Å². The summed E-state index contributed by atoms with van der Waals surface area (Å²) < 4.78 is 11.0. The lowest BCUT2D eigenvalue weighted by atomic mass is 10.1. The molecule has 0 atom stereocenters. The van der Waals surface area contributed by atoms with Gasteiger partial charge in [-0.05, 0) is 135 Å². The number of carbonyl (C=O) groups excluding carboxylic acids is 2. The molecule has 0 radical (unpaired) electrons. The monoisotopic (exact) mass is 814 g/mol. The Morgan fingerprint density at radius 2 is 0.724 bits per heavy atom. The third kappa shape index (κ3) is 46.5. The van der Waals surface area contributed by atoms with Crippen molar-refractivity contribution in [3.8, 4) is 0 Å². The Morgan fingerprint density at radius 1 is 0.397 bits per heavy atom. The molecule has 0 aliphatic heterocycles. The van der Waals surface area contributed by atoms with Crippen molar-refractivity contribution in [3.63, 3.8) is 0 Å². The highest BCUT2D eigenvalue weighted by Gasteiger charge is 2.07. The van der Waals surface area contributed by atoms with Crippen molar-refractivity contribution in [1.29, 1.82) is 0 Å². The fourth-order valence-electron chi connectivity index (χ4n) is 7.04. The lowest BCUT2D eigenvalue weighted by molar-refractivity contribution is -0.144. The van der Waals surface area contributed by atoms with Gasteiger partial charge in [-0.3, -0.25) is 9.59 Å². The molecule has 0 aromatic rings. The summed E-state index contributed by atoms with van der Waals surface area (Å²) in [6.45, 7) is 9.06. The summed E-state index contributed by atoms with van der Waals surface area (Å²) in [4.78, 5) is 26.8. The van der Waals surface area contributed by atoms with Gasteiger partial charge in [0.2, 0.25) is 0 Å². The number of ether oxygens (including phenoxy) is 2. The number of hydrogen-bond acceptors (Lipinski definition) is 6. The highest BCUT2D eigenvalue weighted by Crippen LogP contribution is 2.12. The van der Waals surface area contributed by atoms with E-state index < -0.39 is 0 Å². The van der Waals surface area contributed by atoms with Gasteiger partial charge in [-0.15, -0.1) is 0 Å². The molecule has 0 saturated carbocycles. The fourth-order valence-corrected chi connectivity index (χ4v) is 7.04. The predicted molar refractivity (Wildman–Crippen MR) is 250 cm³/mol. The van der Waals surface area contributed by atoms with Gasteiger partial charge in [0, 0.05) is 19.4 Å². The van der Waals surface area contributed by atoms with Crippen LogP contribution in [0, 0.1) is 0 Å². The zero-order valence-corrected chi connectivity index (χ0v) is 38.4. The Balaban J connectivity index is 3.71. The van der Waals surface area contributed by atoms with E-state index >= 15 is 0 Å². The van der Waals surface area contributed by atoms with Gasteiger partial charge in [0.1, 0.15) is 0 Å². The smallest absolute Gasteiger partial charge is 0.305 e. The molecule has 0 amide bonds. The van der Waals surface area contributed by atoms with Crippen molar-refractivity contribution in [2.75, 3.05) is 39.5 Å². The molecule has 0 aromatic carbocycles. The minimum atomic E-state index is -0.0358. The summed E-state index contributed by atoms with van der Waals surface area (Å²) in [5.74, 6) is -0.0716. The number of nitrogens with zero attached hydrogens (tertiary/aromatic N) is 1. The Kier molecular flexibility index (Phi) is 47.3.